The molecule has 2 rings (SSSR count). The van der Waals surface area contributed by atoms with Crippen LogP contribution in [0.3, 0.4) is 0 Å². The Hall–Kier alpha value is -2.18. The molecule has 0 bridgehead atoms. The Morgan fingerprint density at radius 3 is 2.63 bits per heavy atom. The summed E-state index contributed by atoms with van der Waals surface area (Å²) in [7, 11) is 0. The highest BCUT2D eigenvalue weighted by atomic mass is 15.0. The largest absolute Gasteiger partial charge is 0.302 e. The second-order valence-corrected chi connectivity index (χ2v) is 4.60. The summed E-state index contributed by atoms with van der Waals surface area (Å²) < 4.78 is 0. The minimum absolute atomic E-state index is 0.168. The summed E-state index contributed by atoms with van der Waals surface area (Å²) >= 11 is 0. The lowest BCUT2D eigenvalue weighted by molar-refractivity contribution is 0.486. The summed E-state index contributed by atoms with van der Waals surface area (Å²) in [6, 6.07) is 16.1. The van der Waals surface area contributed by atoms with Crippen LogP contribution in [-0.2, 0) is 0 Å². The molecule has 96 valence electrons. The van der Waals surface area contributed by atoms with Gasteiger partial charge in [0, 0.05) is 18.3 Å². The molecular weight excluding hydrogens is 234 g/mol. The lowest BCUT2D eigenvalue weighted by Gasteiger charge is -2.20. The number of rotatable bonds is 4. The maximum absolute atomic E-state index is 8.92. The number of nitriles is 1. The third-order valence-corrected chi connectivity index (χ3v) is 3.15. The minimum atomic E-state index is 0.168. The van der Waals surface area contributed by atoms with Crippen molar-refractivity contribution in [2.24, 2.45) is 0 Å². The molecular formula is C16H17N3. The van der Waals surface area contributed by atoms with Gasteiger partial charge in [0.25, 0.3) is 0 Å². The average molecular weight is 251 g/mol. The maximum Gasteiger partial charge on any atom is 0.0991 e. The van der Waals surface area contributed by atoms with Crippen LogP contribution in [0.1, 0.15) is 42.8 Å². The summed E-state index contributed by atoms with van der Waals surface area (Å²) in [4.78, 5) is 4.34. The van der Waals surface area contributed by atoms with Crippen molar-refractivity contribution in [2.45, 2.75) is 25.9 Å². The number of nitrogens with one attached hydrogen (secondary N) is 1. The molecule has 1 aromatic heterocycles. The number of benzene rings is 1. The normalized spacial score (nSPS) is 13.5. The van der Waals surface area contributed by atoms with Crippen LogP contribution in [0.4, 0.5) is 0 Å². The Morgan fingerprint density at radius 2 is 1.95 bits per heavy atom. The summed E-state index contributed by atoms with van der Waals surface area (Å²) in [6.07, 6.45) is 1.80. The number of pyridine rings is 1. The van der Waals surface area contributed by atoms with Crippen molar-refractivity contribution in [3.05, 3.63) is 65.5 Å². The van der Waals surface area contributed by atoms with Crippen LogP contribution in [0.5, 0.6) is 0 Å². The van der Waals surface area contributed by atoms with Crippen molar-refractivity contribution in [2.75, 3.05) is 0 Å². The van der Waals surface area contributed by atoms with E-state index in [0.29, 0.717) is 5.56 Å². The van der Waals surface area contributed by atoms with Crippen LogP contribution in [0, 0.1) is 11.3 Å². The molecule has 1 heterocycles. The van der Waals surface area contributed by atoms with E-state index in [9.17, 15) is 0 Å². The fourth-order valence-electron chi connectivity index (χ4n) is 2.07. The Labute approximate surface area is 113 Å². The van der Waals surface area contributed by atoms with Crippen LogP contribution in [0.25, 0.3) is 0 Å². The van der Waals surface area contributed by atoms with Gasteiger partial charge in [-0.2, -0.15) is 5.26 Å². The van der Waals surface area contributed by atoms with Crippen molar-refractivity contribution in [3.63, 3.8) is 0 Å². The van der Waals surface area contributed by atoms with Crippen LogP contribution in [-0.4, -0.2) is 4.98 Å². The third-order valence-electron chi connectivity index (χ3n) is 3.15. The topological polar surface area (TPSA) is 48.7 Å². The molecule has 2 atom stereocenters. The Morgan fingerprint density at radius 1 is 1.11 bits per heavy atom. The molecule has 0 radical (unpaired) electrons. The molecule has 2 unspecified atom stereocenters. The van der Waals surface area contributed by atoms with E-state index in [1.807, 2.05) is 42.5 Å². The quantitative estimate of drug-likeness (QED) is 0.906. The lowest BCUT2D eigenvalue weighted by Crippen LogP contribution is -2.23. The van der Waals surface area contributed by atoms with E-state index < -0.39 is 0 Å². The Kier molecular flexibility index (Phi) is 4.27. The van der Waals surface area contributed by atoms with Crippen LogP contribution in [0.15, 0.2) is 48.7 Å². The fourth-order valence-corrected chi connectivity index (χ4v) is 2.07. The van der Waals surface area contributed by atoms with Gasteiger partial charge in [-0.15, -0.1) is 0 Å². The highest BCUT2D eigenvalue weighted by molar-refractivity contribution is 5.34. The van der Waals surface area contributed by atoms with E-state index >= 15 is 0 Å². The van der Waals surface area contributed by atoms with Gasteiger partial charge in [0.2, 0.25) is 0 Å². The first-order valence-corrected chi connectivity index (χ1v) is 6.37. The second kappa shape index (κ2) is 6.12. The van der Waals surface area contributed by atoms with E-state index in [0.717, 1.165) is 11.3 Å². The summed E-state index contributed by atoms with van der Waals surface area (Å²) in [5, 5.41) is 12.4. The van der Waals surface area contributed by atoms with Gasteiger partial charge in [-0.05, 0) is 43.7 Å². The average Bonchev–Trinajstić information content (AvgIpc) is 2.48. The van der Waals surface area contributed by atoms with Crippen LogP contribution in [0.2, 0.25) is 0 Å². The molecule has 0 fully saturated rings. The molecule has 3 heteroatoms. The highest BCUT2D eigenvalue weighted by Crippen LogP contribution is 2.18. The van der Waals surface area contributed by atoms with Gasteiger partial charge >= 0.3 is 0 Å². The van der Waals surface area contributed by atoms with Gasteiger partial charge in [-0.1, -0.05) is 18.2 Å². The first-order chi connectivity index (χ1) is 9.20. The summed E-state index contributed by atoms with van der Waals surface area (Å²) in [6.45, 7) is 4.18. The molecule has 0 amide bonds. The van der Waals surface area contributed by atoms with E-state index in [1.54, 1.807) is 6.20 Å². The fraction of sp³-hybridized carbons (Fsp3) is 0.250. The van der Waals surface area contributed by atoms with Crippen LogP contribution >= 0.6 is 0 Å². The van der Waals surface area contributed by atoms with Gasteiger partial charge in [-0.25, -0.2) is 0 Å². The lowest BCUT2D eigenvalue weighted by atomic mass is 10.0. The molecule has 0 saturated heterocycles. The molecule has 0 aliphatic carbocycles. The summed E-state index contributed by atoms with van der Waals surface area (Å²) in [5.41, 5.74) is 2.82. The van der Waals surface area contributed by atoms with Crippen molar-refractivity contribution in [1.29, 1.82) is 5.26 Å². The monoisotopic (exact) mass is 251 g/mol. The maximum atomic E-state index is 8.92. The van der Waals surface area contributed by atoms with Crippen molar-refractivity contribution in [1.82, 2.24) is 10.3 Å². The van der Waals surface area contributed by atoms with Crippen molar-refractivity contribution < 1.29 is 0 Å². The predicted octanol–water partition coefficient (Wildman–Crippen LogP) is 3.37. The first kappa shape index (κ1) is 13.3. The summed E-state index contributed by atoms with van der Waals surface area (Å²) in [5.74, 6) is 0. The zero-order valence-corrected chi connectivity index (χ0v) is 11.2. The van der Waals surface area contributed by atoms with Gasteiger partial charge in [0.15, 0.2) is 0 Å². The standard InChI is InChI=1S/C16H17N3/c1-12(15-7-5-6-14(10-15)11-17)19-13(2)16-8-3-4-9-18-16/h3-10,12-13,19H,1-2H3. The van der Waals surface area contributed by atoms with E-state index in [-0.39, 0.29) is 12.1 Å². The highest BCUT2D eigenvalue weighted by Gasteiger charge is 2.12. The van der Waals surface area contributed by atoms with Gasteiger partial charge in [0.1, 0.15) is 0 Å². The van der Waals surface area contributed by atoms with Crippen LogP contribution < -0.4 is 5.32 Å². The predicted molar refractivity (Wildman–Crippen MR) is 75.4 cm³/mol. The Bertz CT molecular complexity index is 572. The second-order valence-electron chi connectivity index (χ2n) is 4.60. The molecule has 1 N–H and O–H groups in total. The minimum Gasteiger partial charge on any atom is -0.302 e. The van der Waals surface area contributed by atoms with Gasteiger partial charge in [0.05, 0.1) is 17.3 Å². The van der Waals surface area contributed by atoms with Gasteiger partial charge in [-0.3, -0.25) is 4.98 Å². The number of aromatic nitrogens is 1. The molecule has 1 aromatic carbocycles. The van der Waals surface area contributed by atoms with Gasteiger partial charge < -0.3 is 5.32 Å². The van der Waals surface area contributed by atoms with E-state index in [4.69, 9.17) is 5.26 Å². The molecule has 0 saturated carbocycles. The molecule has 3 nitrogen and oxygen atoms in total. The number of hydrogen-bond donors (Lipinski definition) is 1. The van der Waals surface area contributed by atoms with Crippen molar-refractivity contribution in [3.8, 4) is 6.07 Å². The van der Waals surface area contributed by atoms with Crippen molar-refractivity contribution >= 4 is 0 Å². The van der Waals surface area contributed by atoms with E-state index in [1.165, 1.54) is 0 Å². The third kappa shape index (κ3) is 3.40. The number of hydrogen-bond acceptors (Lipinski definition) is 3. The molecule has 0 aliphatic heterocycles. The SMILES string of the molecule is CC(NC(C)c1ccccn1)c1cccc(C#N)c1. The van der Waals surface area contributed by atoms with E-state index in [2.05, 4.69) is 30.2 Å². The zero-order chi connectivity index (χ0) is 13.7. The Balaban J connectivity index is 2.08. The zero-order valence-electron chi connectivity index (χ0n) is 11.2. The first-order valence-electron chi connectivity index (χ1n) is 6.37. The number of nitrogens with zero attached hydrogens (tertiary/aromatic N) is 2. The molecule has 19 heavy (non-hydrogen) atoms. The smallest absolute Gasteiger partial charge is 0.0991 e. The molecule has 0 spiro atoms. The molecule has 0 aliphatic rings. The molecule has 2 aromatic rings.